The smallest absolute Gasteiger partial charge is 0.306 e. The third-order valence-electron chi connectivity index (χ3n) is 6.97. The summed E-state index contributed by atoms with van der Waals surface area (Å²) in [5.41, 5.74) is 5.96. The topological polar surface area (TPSA) is 85.3 Å². The first-order chi connectivity index (χ1) is 19.1. The van der Waals surface area contributed by atoms with Crippen molar-refractivity contribution in [2.45, 2.75) is 58.5 Å². The molecular weight excluding hydrogens is 544 g/mol. The van der Waals surface area contributed by atoms with Crippen molar-refractivity contribution >= 4 is 45.0 Å². The number of hydrogen-bond acceptors (Lipinski definition) is 7. The number of amides is 1. The molecule has 208 valence electrons. The van der Waals surface area contributed by atoms with Crippen molar-refractivity contribution < 1.29 is 14.3 Å². The molecule has 5 rings (SSSR count). The maximum Gasteiger partial charge on any atom is 0.306 e. The minimum Gasteiger partial charge on any atom is -0.460 e. The number of hydrogen-bond donors (Lipinski definition) is 0. The number of piperidine rings is 1. The molecule has 7 nitrogen and oxygen atoms in total. The van der Waals surface area contributed by atoms with Crippen molar-refractivity contribution in [2.24, 2.45) is 5.92 Å². The second-order valence-electron chi connectivity index (χ2n) is 11.3. The van der Waals surface area contributed by atoms with Gasteiger partial charge < -0.3 is 9.64 Å². The molecule has 0 saturated carbocycles. The Hall–Kier alpha value is -3.36. The molecule has 2 aromatic carbocycles. The molecule has 1 aliphatic heterocycles. The predicted molar refractivity (Wildman–Crippen MR) is 158 cm³/mol. The van der Waals surface area contributed by atoms with Crippen LogP contribution in [0.3, 0.4) is 0 Å². The van der Waals surface area contributed by atoms with Crippen LogP contribution in [0.4, 0.5) is 0 Å². The van der Waals surface area contributed by atoms with Crippen molar-refractivity contribution in [3.8, 4) is 0 Å². The van der Waals surface area contributed by atoms with E-state index >= 15 is 0 Å². The summed E-state index contributed by atoms with van der Waals surface area (Å²) in [6.07, 6.45) is 4.83. The van der Waals surface area contributed by atoms with Crippen LogP contribution < -0.4 is 0 Å². The summed E-state index contributed by atoms with van der Waals surface area (Å²) in [4.78, 5) is 40.6. The van der Waals surface area contributed by atoms with Crippen LogP contribution in [0.2, 0.25) is 5.02 Å². The number of esters is 1. The number of carbonyl (C=O) groups excluding carboxylic acids is 2. The monoisotopic (exact) mass is 576 g/mol. The first-order valence-electron chi connectivity index (χ1n) is 13.6. The lowest BCUT2D eigenvalue weighted by molar-refractivity contribution is -0.156. The molecule has 4 aromatic rings. The molecule has 1 aliphatic rings. The summed E-state index contributed by atoms with van der Waals surface area (Å²) in [5.74, 6) is 0.790. The average molecular weight is 577 g/mol. The number of carbonyl (C=O) groups is 2. The third-order valence-corrected chi connectivity index (χ3v) is 8.08. The van der Waals surface area contributed by atoms with Crippen LogP contribution in [0, 0.1) is 5.92 Å². The molecule has 0 N–H and O–H groups in total. The zero-order valence-corrected chi connectivity index (χ0v) is 24.6. The van der Waals surface area contributed by atoms with E-state index in [-0.39, 0.29) is 17.8 Å². The van der Waals surface area contributed by atoms with Crippen LogP contribution in [-0.4, -0.2) is 50.4 Å². The number of likely N-dealkylation sites (tertiary alicyclic amines) is 1. The lowest BCUT2D eigenvalue weighted by atomic mass is 9.93. The minimum atomic E-state index is -0.473. The van der Waals surface area contributed by atoms with Gasteiger partial charge in [0, 0.05) is 44.1 Å². The Labute approximate surface area is 243 Å². The molecule has 1 fully saturated rings. The van der Waals surface area contributed by atoms with Crippen LogP contribution >= 0.6 is 22.9 Å². The van der Waals surface area contributed by atoms with E-state index in [0.29, 0.717) is 48.8 Å². The van der Waals surface area contributed by atoms with E-state index in [9.17, 15) is 9.59 Å². The van der Waals surface area contributed by atoms with E-state index in [4.69, 9.17) is 21.3 Å². The van der Waals surface area contributed by atoms with E-state index in [1.807, 2.05) is 61.5 Å². The van der Waals surface area contributed by atoms with Crippen LogP contribution in [0.1, 0.15) is 73.0 Å². The number of benzene rings is 2. The maximum absolute atomic E-state index is 13.1. The van der Waals surface area contributed by atoms with Gasteiger partial charge in [-0.3, -0.25) is 9.59 Å². The molecule has 0 atom stereocenters. The highest BCUT2D eigenvalue weighted by Crippen LogP contribution is 2.25. The summed E-state index contributed by atoms with van der Waals surface area (Å²) in [7, 11) is 0. The molecule has 1 amide bonds. The zero-order chi connectivity index (χ0) is 28.3. The fraction of sp³-hybridized carbons (Fsp3) is 0.387. The largest absolute Gasteiger partial charge is 0.460 e. The van der Waals surface area contributed by atoms with E-state index < -0.39 is 5.60 Å². The third kappa shape index (κ3) is 7.23. The number of halogens is 1. The van der Waals surface area contributed by atoms with Crippen LogP contribution in [0.5, 0.6) is 0 Å². The minimum absolute atomic E-state index is 0.0187. The summed E-state index contributed by atoms with van der Waals surface area (Å²) in [6, 6.07) is 13.9. The van der Waals surface area contributed by atoms with Crippen molar-refractivity contribution in [3.05, 3.63) is 87.4 Å². The van der Waals surface area contributed by atoms with Gasteiger partial charge in [-0.1, -0.05) is 29.8 Å². The number of aromatic nitrogens is 3. The predicted octanol–water partition coefficient (Wildman–Crippen LogP) is 6.51. The number of fused-ring (bicyclic) bond motifs is 1. The molecule has 2 aromatic heterocycles. The molecule has 0 spiro atoms. The van der Waals surface area contributed by atoms with E-state index in [1.165, 1.54) is 0 Å². The standard InChI is InChI=1S/C31H33ClN4O3S/c1-31(2,3)39-29(37)17-21-10-12-36(13-11-21)30(38)23-7-4-20(5-8-23)16-28-33-18-24(32)26(35-28)14-22-6-9-25-27(15-22)40-19-34-25/h4-9,15,18-19,21H,10-14,16-17H2,1-3H3. The highest BCUT2D eigenvalue weighted by molar-refractivity contribution is 7.16. The van der Waals surface area contributed by atoms with Gasteiger partial charge in [-0.15, -0.1) is 11.3 Å². The van der Waals surface area contributed by atoms with E-state index in [1.54, 1.807) is 17.5 Å². The fourth-order valence-electron chi connectivity index (χ4n) is 4.95. The van der Waals surface area contributed by atoms with Crippen LogP contribution in [0.25, 0.3) is 10.2 Å². The van der Waals surface area contributed by atoms with E-state index in [2.05, 4.69) is 22.1 Å². The molecular formula is C31H33ClN4O3S. The van der Waals surface area contributed by atoms with Crippen molar-refractivity contribution in [1.82, 2.24) is 19.9 Å². The Morgan fingerprint density at radius 2 is 1.75 bits per heavy atom. The molecule has 1 saturated heterocycles. The van der Waals surface area contributed by atoms with Gasteiger partial charge in [0.2, 0.25) is 0 Å². The summed E-state index contributed by atoms with van der Waals surface area (Å²) >= 11 is 8.05. The number of thiazole rings is 1. The Kier molecular flexibility index (Phi) is 8.47. The average Bonchev–Trinajstić information content (AvgIpc) is 3.38. The molecule has 40 heavy (non-hydrogen) atoms. The van der Waals surface area contributed by atoms with Gasteiger partial charge in [0.1, 0.15) is 11.4 Å². The Morgan fingerprint density at radius 3 is 2.48 bits per heavy atom. The maximum atomic E-state index is 13.1. The molecule has 0 unspecified atom stereocenters. The van der Waals surface area contributed by atoms with Gasteiger partial charge >= 0.3 is 5.97 Å². The van der Waals surface area contributed by atoms with Gasteiger partial charge in [-0.2, -0.15) is 0 Å². The number of ether oxygens (including phenoxy) is 1. The Morgan fingerprint density at radius 1 is 1.02 bits per heavy atom. The van der Waals surface area contributed by atoms with E-state index in [0.717, 1.165) is 39.9 Å². The fourth-order valence-corrected chi connectivity index (χ4v) is 5.84. The van der Waals surface area contributed by atoms with Gasteiger partial charge in [0.25, 0.3) is 5.91 Å². The van der Waals surface area contributed by atoms with Crippen LogP contribution in [-0.2, 0) is 22.4 Å². The Balaban J connectivity index is 1.16. The summed E-state index contributed by atoms with van der Waals surface area (Å²) in [6.45, 7) is 6.92. The Bertz CT molecular complexity index is 1510. The van der Waals surface area contributed by atoms with Crippen molar-refractivity contribution in [3.63, 3.8) is 0 Å². The highest BCUT2D eigenvalue weighted by atomic mass is 35.5. The van der Waals surface area contributed by atoms with Crippen molar-refractivity contribution in [2.75, 3.05) is 13.1 Å². The number of rotatable bonds is 7. The highest BCUT2D eigenvalue weighted by Gasteiger charge is 2.27. The van der Waals surface area contributed by atoms with Crippen LogP contribution in [0.15, 0.2) is 54.2 Å². The molecule has 0 radical (unpaired) electrons. The second kappa shape index (κ2) is 12.0. The molecule has 0 bridgehead atoms. The van der Waals surface area contributed by atoms with Gasteiger partial charge in [-0.25, -0.2) is 15.0 Å². The SMILES string of the molecule is CC(C)(C)OC(=O)CC1CCN(C(=O)c2ccc(Cc3ncc(Cl)c(Cc4ccc5ncsc5c4)n3)cc2)CC1. The first-order valence-corrected chi connectivity index (χ1v) is 14.8. The molecule has 0 aliphatic carbocycles. The quantitative estimate of drug-likeness (QED) is 0.233. The lowest BCUT2D eigenvalue weighted by Gasteiger charge is -2.32. The summed E-state index contributed by atoms with van der Waals surface area (Å²) in [5, 5.41) is 0.545. The van der Waals surface area contributed by atoms with Gasteiger partial charge in [0.15, 0.2) is 0 Å². The normalized spacial score (nSPS) is 14.4. The molecule has 3 heterocycles. The second-order valence-corrected chi connectivity index (χ2v) is 12.6. The van der Waals surface area contributed by atoms with Gasteiger partial charge in [0.05, 0.1) is 26.4 Å². The van der Waals surface area contributed by atoms with Gasteiger partial charge in [-0.05, 0) is 74.9 Å². The molecule has 9 heteroatoms. The lowest BCUT2D eigenvalue weighted by Crippen LogP contribution is -2.39. The number of nitrogens with zero attached hydrogens (tertiary/aromatic N) is 4. The van der Waals surface area contributed by atoms with Crippen molar-refractivity contribution in [1.29, 1.82) is 0 Å². The first kappa shape index (κ1) is 28.2. The summed E-state index contributed by atoms with van der Waals surface area (Å²) < 4.78 is 6.59. The zero-order valence-electron chi connectivity index (χ0n) is 23.0.